The number of carbonyl (C=O) groups excluding carboxylic acids is 1. The standard InChI is InChI=1S/C12H14F2O2/c1-3-4-5-16-9-6-10(13)12(8(2)15)11(14)7-9/h6-7H,3-5H2,1-2H3. The molecular formula is C12H14F2O2. The van der Waals surface area contributed by atoms with Crippen LogP contribution in [0.1, 0.15) is 37.0 Å². The molecule has 0 aliphatic carbocycles. The highest BCUT2D eigenvalue weighted by molar-refractivity contribution is 5.94. The maximum Gasteiger partial charge on any atom is 0.165 e. The number of unbranched alkanes of at least 4 members (excludes halogenated alkanes) is 1. The minimum atomic E-state index is -0.876. The minimum Gasteiger partial charge on any atom is -0.493 e. The molecule has 0 unspecified atom stereocenters. The van der Waals surface area contributed by atoms with Crippen LogP contribution in [0.4, 0.5) is 8.78 Å². The lowest BCUT2D eigenvalue weighted by Crippen LogP contribution is -2.04. The monoisotopic (exact) mass is 228 g/mol. The molecule has 0 saturated carbocycles. The van der Waals surface area contributed by atoms with Gasteiger partial charge in [0.1, 0.15) is 17.4 Å². The number of hydrogen-bond acceptors (Lipinski definition) is 2. The van der Waals surface area contributed by atoms with Gasteiger partial charge in [0.15, 0.2) is 5.78 Å². The highest BCUT2D eigenvalue weighted by Crippen LogP contribution is 2.21. The van der Waals surface area contributed by atoms with Crippen LogP contribution in [0.5, 0.6) is 5.75 Å². The van der Waals surface area contributed by atoms with Gasteiger partial charge < -0.3 is 4.74 Å². The van der Waals surface area contributed by atoms with Gasteiger partial charge in [-0.2, -0.15) is 0 Å². The maximum atomic E-state index is 13.3. The molecule has 0 amide bonds. The first-order valence-corrected chi connectivity index (χ1v) is 5.19. The number of halogens is 2. The van der Waals surface area contributed by atoms with Gasteiger partial charge in [-0.1, -0.05) is 13.3 Å². The molecule has 0 atom stereocenters. The molecule has 1 aromatic rings. The fourth-order valence-electron chi connectivity index (χ4n) is 1.30. The Bertz CT molecular complexity index is 366. The summed E-state index contributed by atoms with van der Waals surface area (Å²) >= 11 is 0. The minimum absolute atomic E-state index is 0.119. The average Bonchev–Trinajstić information content (AvgIpc) is 2.16. The summed E-state index contributed by atoms with van der Waals surface area (Å²) < 4.78 is 31.8. The molecule has 88 valence electrons. The van der Waals surface area contributed by atoms with E-state index in [4.69, 9.17) is 4.74 Å². The molecule has 0 fully saturated rings. The molecule has 0 bridgehead atoms. The zero-order chi connectivity index (χ0) is 12.1. The summed E-state index contributed by atoms with van der Waals surface area (Å²) in [5.41, 5.74) is -0.511. The van der Waals surface area contributed by atoms with Crippen LogP contribution < -0.4 is 4.74 Å². The lowest BCUT2D eigenvalue weighted by atomic mass is 10.1. The first-order valence-electron chi connectivity index (χ1n) is 5.19. The molecule has 0 aliphatic rings. The molecule has 0 aromatic heterocycles. The number of ketones is 1. The quantitative estimate of drug-likeness (QED) is 0.570. The first kappa shape index (κ1) is 12.6. The zero-order valence-corrected chi connectivity index (χ0v) is 9.35. The largest absolute Gasteiger partial charge is 0.493 e. The van der Waals surface area contributed by atoms with Gasteiger partial charge in [-0.05, 0) is 13.3 Å². The van der Waals surface area contributed by atoms with E-state index >= 15 is 0 Å². The number of hydrogen-bond donors (Lipinski definition) is 0. The van der Waals surface area contributed by atoms with Gasteiger partial charge in [-0.25, -0.2) is 8.78 Å². The van der Waals surface area contributed by atoms with Crippen LogP contribution in [-0.2, 0) is 0 Å². The second kappa shape index (κ2) is 5.58. The molecule has 2 nitrogen and oxygen atoms in total. The molecule has 1 rings (SSSR count). The van der Waals surface area contributed by atoms with Crippen LogP contribution in [0.25, 0.3) is 0 Å². The summed E-state index contributed by atoms with van der Waals surface area (Å²) in [6, 6.07) is 2.07. The van der Waals surface area contributed by atoms with E-state index in [9.17, 15) is 13.6 Å². The fraction of sp³-hybridized carbons (Fsp3) is 0.417. The molecule has 0 radical (unpaired) electrons. The molecule has 0 saturated heterocycles. The summed E-state index contributed by atoms with van der Waals surface area (Å²) in [7, 11) is 0. The Morgan fingerprint density at radius 2 is 1.88 bits per heavy atom. The molecule has 0 aliphatic heterocycles. The van der Waals surface area contributed by atoms with Gasteiger partial charge in [0.25, 0.3) is 0 Å². The van der Waals surface area contributed by atoms with Crippen molar-refractivity contribution in [3.8, 4) is 5.75 Å². The van der Waals surface area contributed by atoms with E-state index in [0.717, 1.165) is 31.9 Å². The van der Waals surface area contributed by atoms with E-state index in [0.29, 0.717) is 6.61 Å². The van der Waals surface area contributed by atoms with Crippen LogP contribution in [0.3, 0.4) is 0 Å². The van der Waals surface area contributed by atoms with E-state index in [2.05, 4.69) is 0 Å². The maximum absolute atomic E-state index is 13.3. The first-order chi connectivity index (χ1) is 7.56. The lowest BCUT2D eigenvalue weighted by molar-refractivity contribution is 0.100. The Morgan fingerprint density at radius 1 is 1.31 bits per heavy atom. The van der Waals surface area contributed by atoms with Gasteiger partial charge in [0.2, 0.25) is 0 Å². The molecule has 1 aromatic carbocycles. The Hall–Kier alpha value is -1.45. The van der Waals surface area contributed by atoms with Gasteiger partial charge in [-0.15, -0.1) is 0 Å². The Kier molecular flexibility index (Phi) is 4.40. The number of carbonyl (C=O) groups is 1. The van der Waals surface area contributed by atoms with Gasteiger partial charge in [0.05, 0.1) is 12.2 Å². The third kappa shape index (κ3) is 3.02. The Morgan fingerprint density at radius 3 is 2.31 bits per heavy atom. The third-order valence-electron chi connectivity index (χ3n) is 2.13. The zero-order valence-electron chi connectivity index (χ0n) is 9.35. The SMILES string of the molecule is CCCCOc1cc(F)c(C(C)=O)c(F)c1. The van der Waals surface area contributed by atoms with Crippen molar-refractivity contribution in [3.05, 3.63) is 29.3 Å². The van der Waals surface area contributed by atoms with E-state index < -0.39 is 23.0 Å². The molecule has 0 spiro atoms. The summed E-state index contributed by atoms with van der Waals surface area (Å²) in [6.45, 7) is 3.53. The van der Waals surface area contributed by atoms with Gasteiger partial charge in [0, 0.05) is 12.1 Å². The second-order valence-corrected chi connectivity index (χ2v) is 3.52. The van der Waals surface area contributed by atoms with Crippen molar-refractivity contribution < 1.29 is 18.3 Å². The molecular weight excluding hydrogens is 214 g/mol. The van der Waals surface area contributed by atoms with Gasteiger partial charge in [-0.3, -0.25) is 4.79 Å². The number of Topliss-reactive ketones (excluding diaryl/α,β-unsaturated/α-hetero) is 1. The smallest absolute Gasteiger partial charge is 0.165 e. The fourth-order valence-corrected chi connectivity index (χ4v) is 1.30. The highest BCUT2D eigenvalue weighted by Gasteiger charge is 2.15. The van der Waals surface area contributed by atoms with Crippen LogP contribution in [0, 0.1) is 11.6 Å². The van der Waals surface area contributed by atoms with Crippen molar-refractivity contribution in [1.82, 2.24) is 0 Å². The molecule has 16 heavy (non-hydrogen) atoms. The van der Waals surface area contributed by atoms with Crippen LogP contribution >= 0.6 is 0 Å². The van der Waals surface area contributed by atoms with Crippen molar-refractivity contribution in [2.45, 2.75) is 26.7 Å². The summed E-state index contributed by atoms with van der Waals surface area (Å²) in [5.74, 6) is -2.26. The summed E-state index contributed by atoms with van der Waals surface area (Å²) in [6.07, 6.45) is 1.76. The van der Waals surface area contributed by atoms with E-state index in [-0.39, 0.29) is 5.75 Å². The van der Waals surface area contributed by atoms with E-state index in [1.165, 1.54) is 0 Å². The second-order valence-electron chi connectivity index (χ2n) is 3.52. The van der Waals surface area contributed by atoms with Crippen LogP contribution in [0.2, 0.25) is 0 Å². The number of ether oxygens (including phenoxy) is 1. The molecule has 4 heteroatoms. The van der Waals surface area contributed by atoms with Gasteiger partial charge >= 0.3 is 0 Å². The normalized spacial score (nSPS) is 10.2. The van der Waals surface area contributed by atoms with Crippen molar-refractivity contribution in [1.29, 1.82) is 0 Å². The van der Waals surface area contributed by atoms with Crippen molar-refractivity contribution in [2.75, 3.05) is 6.61 Å². The third-order valence-corrected chi connectivity index (χ3v) is 2.13. The van der Waals surface area contributed by atoms with Crippen molar-refractivity contribution >= 4 is 5.78 Å². The van der Waals surface area contributed by atoms with Crippen molar-refractivity contribution in [2.24, 2.45) is 0 Å². The summed E-state index contributed by atoms with van der Waals surface area (Å²) in [4.78, 5) is 10.9. The predicted octanol–water partition coefficient (Wildman–Crippen LogP) is 3.35. The average molecular weight is 228 g/mol. The van der Waals surface area contributed by atoms with Crippen LogP contribution in [0.15, 0.2) is 12.1 Å². The number of benzene rings is 1. The predicted molar refractivity (Wildman–Crippen MR) is 56.8 cm³/mol. The topological polar surface area (TPSA) is 26.3 Å². The Labute approximate surface area is 93.2 Å². The van der Waals surface area contributed by atoms with E-state index in [1.807, 2.05) is 6.92 Å². The van der Waals surface area contributed by atoms with Crippen LogP contribution in [-0.4, -0.2) is 12.4 Å². The molecule has 0 heterocycles. The Balaban J connectivity index is 2.87. The van der Waals surface area contributed by atoms with E-state index in [1.54, 1.807) is 0 Å². The lowest BCUT2D eigenvalue weighted by Gasteiger charge is -2.07. The molecule has 0 N–H and O–H groups in total. The summed E-state index contributed by atoms with van der Waals surface area (Å²) in [5, 5.41) is 0. The number of rotatable bonds is 5. The van der Waals surface area contributed by atoms with Crippen molar-refractivity contribution in [3.63, 3.8) is 0 Å². The highest BCUT2D eigenvalue weighted by atomic mass is 19.1.